The molecule has 8 heteroatoms. The van der Waals surface area contributed by atoms with Gasteiger partial charge in [0.15, 0.2) is 0 Å². The second kappa shape index (κ2) is 7.62. The Bertz CT molecular complexity index is 803. The number of hydrogen-bond acceptors (Lipinski definition) is 6. The van der Waals surface area contributed by atoms with Gasteiger partial charge in [0.2, 0.25) is 11.8 Å². The maximum atomic E-state index is 12.9. The van der Waals surface area contributed by atoms with Crippen LogP contribution in [0.1, 0.15) is 40.7 Å². The number of carbonyl (C=O) groups is 3. The molecular formula is C20H26N4O4. The predicted octanol–water partition coefficient (Wildman–Crippen LogP) is -0.0843. The van der Waals surface area contributed by atoms with Crippen LogP contribution in [0.15, 0.2) is 18.2 Å². The normalized spacial score (nSPS) is 27.2. The lowest BCUT2D eigenvalue weighted by Crippen LogP contribution is -2.52. The molecule has 3 N–H and O–H groups in total. The zero-order chi connectivity index (χ0) is 19.7. The van der Waals surface area contributed by atoms with E-state index in [2.05, 4.69) is 16.0 Å². The lowest BCUT2D eigenvalue weighted by Gasteiger charge is -2.29. The summed E-state index contributed by atoms with van der Waals surface area (Å²) in [5.41, 5.74) is 2.51. The number of ether oxygens (including phenoxy) is 1. The van der Waals surface area contributed by atoms with Crippen molar-refractivity contribution in [2.45, 2.75) is 43.9 Å². The zero-order valence-electron chi connectivity index (χ0n) is 16.0. The SMILES string of the molecule is COCC1(NCc2ccc3c(c2)C(=O)N(C2CCC(=O)NC2=O)C3)CCNC1. The van der Waals surface area contributed by atoms with E-state index in [9.17, 15) is 14.4 Å². The van der Waals surface area contributed by atoms with Crippen LogP contribution in [0.2, 0.25) is 0 Å². The van der Waals surface area contributed by atoms with Crippen LogP contribution in [-0.2, 0) is 27.4 Å². The van der Waals surface area contributed by atoms with Crippen LogP contribution in [0.25, 0.3) is 0 Å². The number of methoxy groups -OCH3 is 1. The average Bonchev–Trinajstić information content (AvgIpc) is 3.26. The van der Waals surface area contributed by atoms with Gasteiger partial charge in [0.1, 0.15) is 6.04 Å². The lowest BCUT2D eigenvalue weighted by molar-refractivity contribution is -0.136. The van der Waals surface area contributed by atoms with Crippen molar-refractivity contribution < 1.29 is 19.1 Å². The Morgan fingerprint density at radius 2 is 2.18 bits per heavy atom. The molecule has 0 radical (unpaired) electrons. The molecule has 8 nitrogen and oxygen atoms in total. The first-order valence-corrected chi connectivity index (χ1v) is 9.72. The van der Waals surface area contributed by atoms with Gasteiger partial charge in [-0.05, 0) is 36.6 Å². The molecule has 2 fully saturated rings. The molecule has 150 valence electrons. The maximum absolute atomic E-state index is 12.9. The average molecular weight is 386 g/mol. The number of piperidine rings is 1. The molecule has 1 aromatic carbocycles. The van der Waals surface area contributed by atoms with E-state index in [1.54, 1.807) is 12.0 Å². The van der Waals surface area contributed by atoms with Crippen molar-refractivity contribution in [3.8, 4) is 0 Å². The van der Waals surface area contributed by atoms with Crippen molar-refractivity contribution in [1.82, 2.24) is 20.9 Å². The number of benzene rings is 1. The minimum Gasteiger partial charge on any atom is -0.383 e. The number of carbonyl (C=O) groups excluding carboxylic acids is 3. The summed E-state index contributed by atoms with van der Waals surface area (Å²) in [6.07, 6.45) is 1.64. The highest BCUT2D eigenvalue weighted by Crippen LogP contribution is 2.28. The highest BCUT2D eigenvalue weighted by molar-refractivity contribution is 6.05. The number of imide groups is 1. The molecule has 0 aromatic heterocycles. The summed E-state index contributed by atoms with van der Waals surface area (Å²) < 4.78 is 5.38. The third kappa shape index (κ3) is 3.55. The Labute approximate surface area is 164 Å². The summed E-state index contributed by atoms with van der Waals surface area (Å²) in [4.78, 5) is 38.0. The van der Waals surface area contributed by atoms with Gasteiger partial charge < -0.3 is 20.3 Å². The fourth-order valence-electron chi connectivity index (χ4n) is 4.35. The topological polar surface area (TPSA) is 99.8 Å². The Kier molecular flexibility index (Phi) is 5.18. The molecule has 2 atom stereocenters. The van der Waals surface area contributed by atoms with E-state index >= 15 is 0 Å². The molecular weight excluding hydrogens is 360 g/mol. The van der Waals surface area contributed by atoms with E-state index in [-0.39, 0.29) is 29.7 Å². The Balaban J connectivity index is 1.45. The first-order valence-electron chi connectivity index (χ1n) is 9.72. The molecule has 2 saturated heterocycles. The fraction of sp³-hybridized carbons (Fsp3) is 0.550. The Morgan fingerprint density at radius 3 is 2.89 bits per heavy atom. The van der Waals surface area contributed by atoms with Crippen LogP contribution in [-0.4, -0.2) is 61.0 Å². The van der Waals surface area contributed by atoms with Crippen molar-refractivity contribution in [3.05, 3.63) is 34.9 Å². The van der Waals surface area contributed by atoms with Gasteiger partial charge in [-0.3, -0.25) is 19.7 Å². The number of nitrogens with one attached hydrogen (secondary N) is 3. The van der Waals surface area contributed by atoms with Gasteiger partial charge in [-0.1, -0.05) is 12.1 Å². The summed E-state index contributed by atoms with van der Waals surface area (Å²) in [7, 11) is 1.71. The molecule has 2 unspecified atom stereocenters. The van der Waals surface area contributed by atoms with E-state index in [0.29, 0.717) is 31.7 Å². The molecule has 3 aliphatic heterocycles. The van der Waals surface area contributed by atoms with Crippen molar-refractivity contribution in [2.24, 2.45) is 0 Å². The molecule has 0 aliphatic carbocycles. The second-order valence-corrected chi connectivity index (χ2v) is 7.89. The van der Waals surface area contributed by atoms with Gasteiger partial charge in [-0.25, -0.2) is 0 Å². The molecule has 3 amide bonds. The van der Waals surface area contributed by atoms with Crippen LogP contribution >= 0.6 is 0 Å². The van der Waals surface area contributed by atoms with Crippen molar-refractivity contribution in [2.75, 3.05) is 26.8 Å². The van der Waals surface area contributed by atoms with Gasteiger partial charge in [-0.2, -0.15) is 0 Å². The first kappa shape index (κ1) is 19.0. The monoisotopic (exact) mass is 386 g/mol. The van der Waals surface area contributed by atoms with Crippen molar-refractivity contribution in [3.63, 3.8) is 0 Å². The molecule has 0 spiro atoms. The predicted molar refractivity (Wildman–Crippen MR) is 101 cm³/mol. The maximum Gasteiger partial charge on any atom is 0.255 e. The van der Waals surface area contributed by atoms with E-state index in [1.807, 2.05) is 18.2 Å². The molecule has 3 heterocycles. The van der Waals surface area contributed by atoms with Gasteiger partial charge in [0.25, 0.3) is 5.91 Å². The molecule has 0 bridgehead atoms. The van der Waals surface area contributed by atoms with Gasteiger partial charge in [0, 0.05) is 38.7 Å². The molecule has 3 aliphatic rings. The van der Waals surface area contributed by atoms with Crippen molar-refractivity contribution in [1.29, 1.82) is 0 Å². The van der Waals surface area contributed by atoms with E-state index in [4.69, 9.17) is 4.74 Å². The van der Waals surface area contributed by atoms with Crippen LogP contribution in [0.3, 0.4) is 0 Å². The second-order valence-electron chi connectivity index (χ2n) is 7.89. The quantitative estimate of drug-likeness (QED) is 0.591. The van der Waals surface area contributed by atoms with Crippen LogP contribution in [0.4, 0.5) is 0 Å². The number of amides is 3. The smallest absolute Gasteiger partial charge is 0.255 e. The third-order valence-corrected chi connectivity index (χ3v) is 5.92. The van der Waals surface area contributed by atoms with Crippen LogP contribution < -0.4 is 16.0 Å². The van der Waals surface area contributed by atoms with E-state index in [1.165, 1.54) is 0 Å². The van der Waals surface area contributed by atoms with Gasteiger partial charge in [0.05, 0.1) is 12.1 Å². The minimum atomic E-state index is -0.575. The summed E-state index contributed by atoms with van der Waals surface area (Å²) >= 11 is 0. The largest absolute Gasteiger partial charge is 0.383 e. The Morgan fingerprint density at radius 1 is 1.32 bits per heavy atom. The van der Waals surface area contributed by atoms with Gasteiger partial charge >= 0.3 is 0 Å². The van der Waals surface area contributed by atoms with Crippen LogP contribution in [0, 0.1) is 0 Å². The summed E-state index contributed by atoms with van der Waals surface area (Å²) in [5, 5.41) is 9.29. The number of fused-ring (bicyclic) bond motifs is 1. The van der Waals surface area contributed by atoms with E-state index in [0.717, 1.165) is 30.6 Å². The molecule has 4 rings (SSSR count). The molecule has 1 aromatic rings. The highest BCUT2D eigenvalue weighted by atomic mass is 16.5. The zero-order valence-corrected chi connectivity index (χ0v) is 16.0. The summed E-state index contributed by atoms with van der Waals surface area (Å²) in [6, 6.07) is 5.33. The number of rotatable bonds is 6. The lowest BCUT2D eigenvalue weighted by atomic mass is 9.98. The summed E-state index contributed by atoms with van der Waals surface area (Å²) in [5.74, 6) is -0.791. The number of hydrogen-bond donors (Lipinski definition) is 3. The Hall–Kier alpha value is -2.29. The van der Waals surface area contributed by atoms with Crippen LogP contribution in [0.5, 0.6) is 0 Å². The van der Waals surface area contributed by atoms with Crippen molar-refractivity contribution >= 4 is 17.7 Å². The van der Waals surface area contributed by atoms with Gasteiger partial charge in [-0.15, -0.1) is 0 Å². The fourth-order valence-corrected chi connectivity index (χ4v) is 4.35. The standard InChI is InChI=1S/C20H26N4O4/c1-28-12-20(6-7-21-11-20)22-9-13-2-3-14-10-24(19(27)15(14)8-13)16-4-5-17(25)23-18(16)26/h2-3,8,16,21-22H,4-7,9-12H2,1H3,(H,23,25,26). The highest BCUT2D eigenvalue weighted by Gasteiger charge is 2.39. The minimum absolute atomic E-state index is 0.0868. The molecule has 28 heavy (non-hydrogen) atoms. The third-order valence-electron chi connectivity index (χ3n) is 5.92. The molecule has 0 saturated carbocycles. The van der Waals surface area contributed by atoms with E-state index < -0.39 is 6.04 Å². The number of nitrogens with zero attached hydrogens (tertiary/aromatic N) is 1. The summed E-state index contributed by atoms with van der Waals surface area (Å²) in [6.45, 7) is 3.50. The first-order chi connectivity index (χ1) is 13.5.